The summed E-state index contributed by atoms with van der Waals surface area (Å²) in [6.07, 6.45) is 0. The third-order valence-electron chi connectivity index (χ3n) is 1.91. The molecule has 1 aromatic carbocycles. The van der Waals surface area contributed by atoms with E-state index in [1.807, 2.05) is 0 Å². The summed E-state index contributed by atoms with van der Waals surface area (Å²) in [6, 6.07) is 3.97. The summed E-state index contributed by atoms with van der Waals surface area (Å²) < 4.78 is 12.8. The molecule has 0 amide bonds. The summed E-state index contributed by atoms with van der Waals surface area (Å²) in [6.45, 7) is 3.01. The molecule has 0 aliphatic rings. The normalized spacial score (nSPS) is 11.2. The first-order chi connectivity index (χ1) is 6.83. The Hall–Kier alpha value is -1.29. The molecule has 0 bridgehead atoms. The average Bonchev–Trinajstić information content (AvgIpc) is 2.10. The van der Waals surface area contributed by atoms with Crippen molar-refractivity contribution in [3.05, 3.63) is 29.0 Å². The maximum atomic E-state index is 12.8. The van der Waals surface area contributed by atoms with Crippen LogP contribution in [0.3, 0.4) is 0 Å². The van der Waals surface area contributed by atoms with Crippen molar-refractivity contribution >= 4 is 23.3 Å². The second kappa shape index (κ2) is 4.06. The van der Waals surface area contributed by atoms with E-state index in [-0.39, 0.29) is 5.02 Å². The van der Waals surface area contributed by atoms with E-state index in [9.17, 15) is 9.18 Å². The topological polar surface area (TPSA) is 49.3 Å². The standard InChI is InChI=1S/C10H11ClFNO2/c1-10(2,9(14)15)13-6-3-4-8(12)7(11)5-6/h3-5,13H,1-2H3,(H,14,15). The molecule has 5 heteroatoms. The number of hydrogen-bond acceptors (Lipinski definition) is 2. The highest BCUT2D eigenvalue weighted by Crippen LogP contribution is 2.22. The highest BCUT2D eigenvalue weighted by molar-refractivity contribution is 6.31. The van der Waals surface area contributed by atoms with Crippen molar-refractivity contribution in [3.8, 4) is 0 Å². The fourth-order valence-corrected chi connectivity index (χ4v) is 1.17. The maximum absolute atomic E-state index is 12.8. The van der Waals surface area contributed by atoms with E-state index in [1.54, 1.807) is 0 Å². The first-order valence-corrected chi connectivity index (χ1v) is 4.67. The SMILES string of the molecule is CC(C)(Nc1ccc(F)c(Cl)c1)C(=O)O. The van der Waals surface area contributed by atoms with Crippen molar-refractivity contribution in [1.82, 2.24) is 0 Å². The van der Waals surface area contributed by atoms with Crippen LogP contribution in [0.5, 0.6) is 0 Å². The van der Waals surface area contributed by atoms with Crippen LogP contribution in [0.25, 0.3) is 0 Å². The van der Waals surface area contributed by atoms with Gasteiger partial charge in [0.1, 0.15) is 11.4 Å². The molecule has 15 heavy (non-hydrogen) atoms. The fourth-order valence-electron chi connectivity index (χ4n) is 0.988. The summed E-state index contributed by atoms with van der Waals surface area (Å²) in [5, 5.41) is 11.6. The lowest BCUT2D eigenvalue weighted by atomic mass is 10.1. The van der Waals surface area contributed by atoms with E-state index in [1.165, 1.54) is 32.0 Å². The molecule has 0 radical (unpaired) electrons. The van der Waals surface area contributed by atoms with Crippen molar-refractivity contribution in [1.29, 1.82) is 0 Å². The lowest BCUT2D eigenvalue weighted by Crippen LogP contribution is -2.39. The summed E-state index contributed by atoms with van der Waals surface area (Å²) in [4.78, 5) is 10.8. The highest BCUT2D eigenvalue weighted by Gasteiger charge is 2.26. The minimum absolute atomic E-state index is 0.0406. The van der Waals surface area contributed by atoms with Gasteiger partial charge in [0.05, 0.1) is 5.02 Å². The van der Waals surface area contributed by atoms with Gasteiger partial charge in [-0.3, -0.25) is 0 Å². The number of halogens is 2. The molecule has 0 unspecified atom stereocenters. The van der Waals surface area contributed by atoms with Gasteiger partial charge >= 0.3 is 5.97 Å². The van der Waals surface area contributed by atoms with Crippen LogP contribution in [0, 0.1) is 5.82 Å². The van der Waals surface area contributed by atoms with Gasteiger partial charge in [0, 0.05) is 5.69 Å². The Balaban J connectivity index is 2.91. The zero-order valence-electron chi connectivity index (χ0n) is 8.34. The van der Waals surface area contributed by atoms with Gasteiger partial charge in [-0.2, -0.15) is 0 Å². The van der Waals surface area contributed by atoms with Crippen molar-refractivity contribution in [2.45, 2.75) is 19.4 Å². The lowest BCUT2D eigenvalue weighted by Gasteiger charge is -2.22. The predicted molar refractivity (Wildman–Crippen MR) is 56.7 cm³/mol. The van der Waals surface area contributed by atoms with E-state index in [0.717, 1.165) is 0 Å². The third kappa shape index (κ3) is 2.83. The van der Waals surface area contributed by atoms with Crippen molar-refractivity contribution < 1.29 is 14.3 Å². The second-order valence-corrected chi connectivity index (χ2v) is 4.09. The Kier molecular flexibility index (Phi) is 3.19. The van der Waals surface area contributed by atoms with Crippen LogP contribution in [-0.2, 0) is 4.79 Å². The number of aliphatic carboxylic acids is 1. The van der Waals surface area contributed by atoms with E-state index in [0.29, 0.717) is 5.69 Å². The van der Waals surface area contributed by atoms with Gasteiger partial charge in [-0.05, 0) is 32.0 Å². The Morgan fingerprint density at radius 2 is 2.13 bits per heavy atom. The molecule has 0 atom stereocenters. The summed E-state index contributed by atoms with van der Waals surface area (Å²) >= 11 is 5.56. The Morgan fingerprint density at radius 1 is 1.53 bits per heavy atom. The van der Waals surface area contributed by atoms with Crippen LogP contribution >= 0.6 is 11.6 Å². The number of benzene rings is 1. The first kappa shape index (κ1) is 11.8. The highest BCUT2D eigenvalue weighted by atomic mass is 35.5. The molecule has 82 valence electrons. The summed E-state index contributed by atoms with van der Waals surface area (Å²) in [5.74, 6) is -1.53. The molecule has 0 heterocycles. The van der Waals surface area contributed by atoms with Gasteiger partial charge in [0.25, 0.3) is 0 Å². The zero-order valence-corrected chi connectivity index (χ0v) is 9.10. The van der Waals surface area contributed by atoms with Gasteiger partial charge in [-0.1, -0.05) is 11.6 Å². The summed E-state index contributed by atoms with van der Waals surface area (Å²) in [7, 11) is 0. The minimum atomic E-state index is -1.12. The molecule has 0 aliphatic heterocycles. The van der Waals surface area contributed by atoms with Crippen LogP contribution in [0.1, 0.15) is 13.8 Å². The first-order valence-electron chi connectivity index (χ1n) is 4.29. The summed E-state index contributed by atoms with van der Waals surface area (Å²) in [5.41, 5.74) is -0.657. The van der Waals surface area contributed by atoms with Crippen molar-refractivity contribution in [2.75, 3.05) is 5.32 Å². The van der Waals surface area contributed by atoms with Crippen molar-refractivity contribution in [3.63, 3.8) is 0 Å². The fraction of sp³-hybridized carbons (Fsp3) is 0.300. The molecular weight excluding hydrogens is 221 g/mol. The Labute approximate surface area is 91.9 Å². The van der Waals surface area contributed by atoms with Crippen molar-refractivity contribution in [2.24, 2.45) is 0 Å². The van der Waals surface area contributed by atoms with E-state index in [2.05, 4.69) is 5.32 Å². The molecule has 0 aliphatic carbocycles. The largest absolute Gasteiger partial charge is 0.480 e. The maximum Gasteiger partial charge on any atom is 0.328 e. The van der Waals surface area contributed by atoms with Crippen LogP contribution in [0.15, 0.2) is 18.2 Å². The number of hydrogen-bond donors (Lipinski definition) is 2. The smallest absolute Gasteiger partial charge is 0.328 e. The zero-order chi connectivity index (χ0) is 11.6. The average molecular weight is 232 g/mol. The Morgan fingerprint density at radius 3 is 2.60 bits per heavy atom. The number of nitrogens with one attached hydrogen (secondary N) is 1. The molecule has 3 nitrogen and oxygen atoms in total. The van der Waals surface area contributed by atoms with Gasteiger partial charge in [-0.15, -0.1) is 0 Å². The molecule has 0 spiro atoms. The second-order valence-electron chi connectivity index (χ2n) is 3.68. The number of carbonyl (C=O) groups is 1. The monoisotopic (exact) mass is 231 g/mol. The number of rotatable bonds is 3. The van der Waals surface area contributed by atoms with Gasteiger partial charge in [0.15, 0.2) is 0 Å². The van der Waals surface area contributed by atoms with E-state index in [4.69, 9.17) is 16.7 Å². The number of carboxylic acid groups (broad SMARTS) is 1. The molecule has 0 saturated carbocycles. The molecule has 1 aromatic rings. The number of anilines is 1. The molecule has 2 N–H and O–H groups in total. The molecule has 0 saturated heterocycles. The van der Waals surface area contributed by atoms with Gasteiger partial charge in [-0.25, -0.2) is 9.18 Å². The van der Waals surface area contributed by atoms with E-state index >= 15 is 0 Å². The predicted octanol–water partition coefficient (Wildman–Crippen LogP) is 2.75. The van der Waals surface area contributed by atoms with Gasteiger partial charge in [0.2, 0.25) is 0 Å². The van der Waals surface area contributed by atoms with Crippen LogP contribution in [0.4, 0.5) is 10.1 Å². The molecule has 0 fully saturated rings. The van der Waals surface area contributed by atoms with Crippen LogP contribution < -0.4 is 5.32 Å². The number of carboxylic acids is 1. The minimum Gasteiger partial charge on any atom is -0.480 e. The molecule has 0 aromatic heterocycles. The Bertz CT molecular complexity index is 393. The molecular formula is C10H11ClFNO2. The van der Waals surface area contributed by atoms with Gasteiger partial charge < -0.3 is 10.4 Å². The third-order valence-corrected chi connectivity index (χ3v) is 2.20. The van der Waals surface area contributed by atoms with E-state index < -0.39 is 17.3 Å². The lowest BCUT2D eigenvalue weighted by molar-refractivity contribution is -0.141. The molecule has 1 rings (SSSR count). The van der Waals surface area contributed by atoms with Crippen LogP contribution in [0.2, 0.25) is 5.02 Å². The quantitative estimate of drug-likeness (QED) is 0.841. The van der Waals surface area contributed by atoms with Crippen LogP contribution in [-0.4, -0.2) is 16.6 Å².